The molecule has 138 valence electrons. The summed E-state index contributed by atoms with van der Waals surface area (Å²) in [7, 11) is 5.56. The van der Waals surface area contributed by atoms with Gasteiger partial charge in [0.25, 0.3) is 5.91 Å². The Balaban J connectivity index is 1.89. The maximum Gasteiger partial charge on any atom is 0.258 e. The molecule has 0 atom stereocenters. The van der Waals surface area contributed by atoms with Crippen LogP contribution in [0, 0.1) is 5.82 Å². The normalized spacial score (nSPS) is 13.3. The molecule has 1 aliphatic heterocycles. The molecule has 1 aliphatic rings. The van der Waals surface area contributed by atoms with E-state index in [9.17, 15) is 14.3 Å². The quantitative estimate of drug-likeness (QED) is 0.774. The summed E-state index contributed by atoms with van der Waals surface area (Å²) in [6, 6.07) is 8.37. The van der Waals surface area contributed by atoms with Crippen LogP contribution in [0.15, 0.2) is 36.5 Å². The highest BCUT2D eigenvalue weighted by Gasteiger charge is 2.33. The molecule has 1 N–H and O–H groups in total. The highest BCUT2D eigenvalue weighted by Crippen LogP contribution is 2.43. The summed E-state index contributed by atoms with van der Waals surface area (Å²) < 4.78 is 13.1. The van der Waals surface area contributed by atoms with Gasteiger partial charge in [0.05, 0.1) is 11.3 Å². The van der Waals surface area contributed by atoms with Crippen LogP contribution in [0.4, 0.5) is 10.1 Å². The molecule has 2 heterocycles. The molecular weight excluding hydrogens is 345 g/mol. The third-order valence-corrected chi connectivity index (χ3v) is 4.97. The fourth-order valence-corrected chi connectivity index (χ4v) is 3.75. The van der Waals surface area contributed by atoms with Gasteiger partial charge in [0.2, 0.25) is 0 Å². The maximum absolute atomic E-state index is 13.1. The Hall–Kier alpha value is -3.15. The molecule has 1 amide bonds. The summed E-state index contributed by atoms with van der Waals surface area (Å²) in [5.41, 5.74) is 4.40. The van der Waals surface area contributed by atoms with Gasteiger partial charge in [0.1, 0.15) is 11.3 Å². The Bertz CT molecular complexity index is 1060. The number of halogens is 1. The first kappa shape index (κ1) is 17.3. The van der Waals surface area contributed by atoms with Gasteiger partial charge < -0.3 is 14.9 Å². The number of anilines is 1. The standard InChI is InChI=1S/C21H20FN3O2/c1-24(2)19-15-9-13(8-12-4-6-14(22)7-5-12)10-23-18(15)20(26)17-16(19)11-25(3)21(17)27/h4-7,9-10,26H,8,11H2,1-3H3. The van der Waals surface area contributed by atoms with Gasteiger partial charge in [-0.05, 0) is 35.7 Å². The van der Waals surface area contributed by atoms with Crippen molar-refractivity contribution in [2.24, 2.45) is 0 Å². The number of phenols is 1. The fourth-order valence-electron chi connectivity index (χ4n) is 3.75. The van der Waals surface area contributed by atoms with Crippen molar-refractivity contribution in [2.75, 3.05) is 26.0 Å². The average molecular weight is 365 g/mol. The first-order chi connectivity index (χ1) is 12.9. The number of pyridine rings is 1. The summed E-state index contributed by atoms with van der Waals surface area (Å²) in [6.45, 7) is 0.452. The Kier molecular flexibility index (Phi) is 3.98. The number of nitrogens with zero attached hydrogens (tertiary/aromatic N) is 3. The van der Waals surface area contributed by atoms with Crippen LogP contribution >= 0.6 is 0 Å². The molecule has 6 heteroatoms. The van der Waals surface area contributed by atoms with E-state index in [1.807, 2.05) is 25.1 Å². The zero-order chi connectivity index (χ0) is 19.3. The summed E-state index contributed by atoms with van der Waals surface area (Å²) >= 11 is 0. The average Bonchev–Trinajstić information content (AvgIpc) is 2.91. The zero-order valence-electron chi connectivity index (χ0n) is 15.5. The van der Waals surface area contributed by atoms with E-state index in [0.717, 1.165) is 27.8 Å². The van der Waals surface area contributed by atoms with Gasteiger partial charge in [-0.1, -0.05) is 12.1 Å². The van der Waals surface area contributed by atoms with E-state index in [4.69, 9.17) is 0 Å². The monoisotopic (exact) mass is 365 g/mol. The van der Waals surface area contributed by atoms with Crippen LogP contribution in [0.25, 0.3) is 10.9 Å². The second kappa shape index (κ2) is 6.23. The minimum Gasteiger partial charge on any atom is -0.505 e. The SMILES string of the molecule is CN1Cc2c(c(O)c3ncc(Cc4ccc(F)cc4)cc3c2N(C)C)C1=O. The second-order valence-electron chi connectivity index (χ2n) is 7.15. The third-order valence-electron chi connectivity index (χ3n) is 4.97. The summed E-state index contributed by atoms with van der Waals surface area (Å²) in [6.07, 6.45) is 2.30. The van der Waals surface area contributed by atoms with Crippen molar-refractivity contribution in [1.29, 1.82) is 0 Å². The lowest BCUT2D eigenvalue weighted by atomic mass is 9.98. The molecule has 5 nitrogen and oxygen atoms in total. The van der Waals surface area contributed by atoms with Crippen LogP contribution in [0.2, 0.25) is 0 Å². The molecule has 0 bridgehead atoms. The molecule has 2 aromatic carbocycles. The molecule has 0 fully saturated rings. The van der Waals surface area contributed by atoms with Crippen molar-refractivity contribution >= 4 is 22.5 Å². The Morgan fingerprint density at radius 1 is 1.22 bits per heavy atom. The summed E-state index contributed by atoms with van der Waals surface area (Å²) in [4.78, 5) is 20.5. The van der Waals surface area contributed by atoms with E-state index in [2.05, 4.69) is 4.98 Å². The molecule has 0 radical (unpaired) electrons. The number of aromatic nitrogens is 1. The Morgan fingerprint density at radius 2 is 1.93 bits per heavy atom. The zero-order valence-corrected chi connectivity index (χ0v) is 15.5. The predicted molar refractivity (Wildman–Crippen MR) is 103 cm³/mol. The van der Waals surface area contributed by atoms with Crippen LogP contribution in [-0.2, 0) is 13.0 Å². The fraction of sp³-hybridized carbons (Fsp3) is 0.238. The number of hydrogen-bond acceptors (Lipinski definition) is 4. The van der Waals surface area contributed by atoms with Crippen LogP contribution in [-0.4, -0.2) is 42.0 Å². The van der Waals surface area contributed by atoms with Crippen molar-refractivity contribution in [2.45, 2.75) is 13.0 Å². The van der Waals surface area contributed by atoms with E-state index in [1.165, 1.54) is 12.1 Å². The van der Waals surface area contributed by atoms with Gasteiger partial charge in [-0.15, -0.1) is 0 Å². The van der Waals surface area contributed by atoms with E-state index < -0.39 is 0 Å². The number of fused-ring (bicyclic) bond motifs is 2. The minimum absolute atomic E-state index is 0.0618. The molecule has 0 saturated heterocycles. The van der Waals surface area contributed by atoms with E-state index >= 15 is 0 Å². The van der Waals surface area contributed by atoms with Gasteiger partial charge in [-0.25, -0.2) is 4.39 Å². The van der Waals surface area contributed by atoms with Gasteiger partial charge >= 0.3 is 0 Å². The first-order valence-electron chi connectivity index (χ1n) is 8.70. The predicted octanol–water partition coefficient (Wildman–Crippen LogP) is 3.32. The van der Waals surface area contributed by atoms with Gasteiger partial charge in [-0.2, -0.15) is 0 Å². The summed E-state index contributed by atoms with van der Waals surface area (Å²) in [5.74, 6) is -0.516. The minimum atomic E-state index is -0.264. The lowest BCUT2D eigenvalue weighted by Gasteiger charge is -2.20. The van der Waals surface area contributed by atoms with Crippen LogP contribution in [0.1, 0.15) is 27.0 Å². The molecule has 0 saturated carbocycles. The number of hydrogen-bond donors (Lipinski definition) is 1. The topological polar surface area (TPSA) is 56.7 Å². The number of phenolic OH excluding ortho intramolecular Hbond substituents is 1. The molecule has 0 unspecified atom stereocenters. The number of aromatic hydroxyl groups is 1. The Labute approximate surface area is 156 Å². The van der Waals surface area contributed by atoms with E-state index in [-0.39, 0.29) is 17.5 Å². The molecule has 0 aliphatic carbocycles. The molecular formula is C21H20FN3O2. The lowest BCUT2D eigenvalue weighted by molar-refractivity contribution is 0.0814. The van der Waals surface area contributed by atoms with Crippen molar-refractivity contribution in [1.82, 2.24) is 9.88 Å². The van der Waals surface area contributed by atoms with Gasteiger partial charge in [0, 0.05) is 44.8 Å². The van der Waals surface area contributed by atoms with Gasteiger partial charge in [0.15, 0.2) is 5.75 Å². The molecule has 3 aromatic rings. The third kappa shape index (κ3) is 2.77. The lowest BCUT2D eigenvalue weighted by Crippen LogP contribution is -2.17. The second-order valence-corrected chi connectivity index (χ2v) is 7.15. The van der Waals surface area contributed by atoms with Crippen LogP contribution < -0.4 is 4.90 Å². The van der Waals surface area contributed by atoms with Crippen molar-refractivity contribution in [3.63, 3.8) is 0 Å². The molecule has 1 aromatic heterocycles. The number of amides is 1. The van der Waals surface area contributed by atoms with Gasteiger partial charge in [-0.3, -0.25) is 9.78 Å². The smallest absolute Gasteiger partial charge is 0.258 e. The number of benzene rings is 2. The Morgan fingerprint density at radius 3 is 2.59 bits per heavy atom. The number of rotatable bonds is 3. The van der Waals surface area contributed by atoms with Crippen LogP contribution in [0.3, 0.4) is 0 Å². The van der Waals surface area contributed by atoms with E-state index in [0.29, 0.717) is 24.0 Å². The molecule has 0 spiro atoms. The maximum atomic E-state index is 13.1. The molecule has 27 heavy (non-hydrogen) atoms. The molecule has 4 rings (SSSR count). The number of carbonyl (C=O) groups excluding carboxylic acids is 1. The summed E-state index contributed by atoms with van der Waals surface area (Å²) in [5, 5.41) is 11.5. The first-order valence-corrected chi connectivity index (χ1v) is 8.70. The highest BCUT2D eigenvalue weighted by atomic mass is 19.1. The largest absolute Gasteiger partial charge is 0.505 e. The van der Waals surface area contributed by atoms with Crippen molar-refractivity contribution in [3.05, 3.63) is 64.6 Å². The van der Waals surface area contributed by atoms with E-state index in [1.54, 1.807) is 30.3 Å². The number of carbonyl (C=O) groups is 1. The van der Waals surface area contributed by atoms with Crippen molar-refractivity contribution < 1.29 is 14.3 Å². The van der Waals surface area contributed by atoms with Crippen molar-refractivity contribution in [3.8, 4) is 5.75 Å². The highest BCUT2D eigenvalue weighted by molar-refractivity contribution is 6.11. The van der Waals surface area contributed by atoms with Crippen LogP contribution in [0.5, 0.6) is 5.75 Å².